The maximum absolute atomic E-state index is 13.4. The van der Waals surface area contributed by atoms with E-state index in [2.05, 4.69) is 10.4 Å². The number of nitrogens with one attached hydrogen (secondary N) is 1. The van der Waals surface area contributed by atoms with Crippen LogP contribution in [0, 0.1) is 20.8 Å². The number of anilines is 1. The molecule has 0 radical (unpaired) electrons. The topological polar surface area (TPSA) is 93.9 Å². The Kier molecular flexibility index (Phi) is 4.66. The maximum atomic E-state index is 13.4. The number of amides is 1. The van der Waals surface area contributed by atoms with Crippen LogP contribution in [0.25, 0.3) is 11.0 Å². The number of nitrogens with zero attached hydrogens (tertiary/aromatic N) is 3. The standard InChI is InChI=1S/C23H26N4O3S/c1-13-4-5-14(2)19(10-13)25-23(28)18-11-20(16-6-7-16)24-22-21(18)15(3)26-27(22)17-8-9-31(29,30)12-17/h4-5,10-11,16-17H,6-9,12H2,1-3H3,(H,25,28)/t17-/m1/s1. The third-order valence-corrected chi connectivity index (χ3v) is 8.04. The Hall–Kier alpha value is -2.74. The summed E-state index contributed by atoms with van der Waals surface area (Å²) in [4.78, 5) is 18.3. The van der Waals surface area contributed by atoms with E-state index in [-0.39, 0.29) is 23.5 Å². The lowest BCUT2D eigenvalue weighted by atomic mass is 10.1. The average molecular weight is 439 g/mol. The zero-order valence-electron chi connectivity index (χ0n) is 18.0. The molecule has 5 rings (SSSR count). The third-order valence-electron chi connectivity index (χ3n) is 6.29. The number of hydrogen-bond donors (Lipinski definition) is 1. The van der Waals surface area contributed by atoms with Crippen molar-refractivity contribution in [2.75, 3.05) is 16.8 Å². The fourth-order valence-electron chi connectivity index (χ4n) is 4.38. The first-order valence-electron chi connectivity index (χ1n) is 10.7. The summed E-state index contributed by atoms with van der Waals surface area (Å²) >= 11 is 0. The zero-order chi connectivity index (χ0) is 21.9. The van der Waals surface area contributed by atoms with Gasteiger partial charge in [-0.25, -0.2) is 18.1 Å². The highest BCUT2D eigenvalue weighted by Gasteiger charge is 2.34. The highest BCUT2D eigenvalue weighted by Crippen LogP contribution is 2.41. The number of hydrogen-bond acceptors (Lipinski definition) is 5. The van der Waals surface area contributed by atoms with Crippen LogP contribution in [-0.2, 0) is 9.84 Å². The number of pyridine rings is 1. The van der Waals surface area contributed by atoms with E-state index in [4.69, 9.17) is 4.98 Å². The fraction of sp³-hybridized carbons (Fsp3) is 0.435. The second kappa shape index (κ2) is 7.15. The summed E-state index contributed by atoms with van der Waals surface area (Å²) in [6.07, 6.45) is 2.64. The summed E-state index contributed by atoms with van der Waals surface area (Å²) in [5.41, 5.74) is 5.62. The monoisotopic (exact) mass is 438 g/mol. The van der Waals surface area contributed by atoms with Crippen LogP contribution in [0.3, 0.4) is 0 Å². The number of sulfone groups is 1. The predicted molar refractivity (Wildman–Crippen MR) is 120 cm³/mol. The fourth-order valence-corrected chi connectivity index (χ4v) is 6.07. The number of fused-ring (bicyclic) bond motifs is 1. The van der Waals surface area contributed by atoms with Gasteiger partial charge < -0.3 is 5.32 Å². The lowest BCUT2D eigenvalue weighted by Gasteiger charge is -2.13. The summed E-state index contributed by atoms with van der Waals surface area (Å²) < 4.78 is 25.9. The van der Waals surface area contributed by atoms with Crippen LogP contribution in [-0.4, -0.2) is 40.6 Å². The molecule has 1 aliphatic heterocycles. The van der Waals surface area contributed by atoms with Crippen molar-refractivity contribution < 1.29 is 13.2 Å². The van der Waals surface area contributed by atoms with Gasteiger partial charge in [-0.1, -0.05) is 12.1 Å². The Bertz CT molecular complexity index is 1320. The van der Waals surface area contributed by atoms with E-state index in [1.807, 2.05) is 45.0 Å². The predicted octanol–water partition coefficient (Wildman–Crippen LogP) is 3.85. The Morgan fingerprint density at radius 2 is 1.90 bits per heavy atom. The molecule has 162 valence electrons. The highest BCUT2D eigenvalue weighted by atomic mass is 32.2. The van der Waals surface area contributed by atoms with Crippen LogP contribution >= 0.6 is 0 Å². The molecular weight excluding hydrogens is 412 g/mol. The van der Waals surface area contributed by atoms with Gasteiger partial charge in [0.05, 0.1) is 34.2 Å². The van der Waals surface area contributed by atoms with Gasteiger partial charge in [-0.15, -0.1) is 0 Å². The minimum Gasteiger partial charge on any atom is -0.322 e. The van der Waals surface area contributed by atoms with E-state index in [9.17, 15) is 13.2 Å². The molecule has 1 saturated carbocycles. The van der Waals surface area contributed by atoms with E-state index in [1.54, 1.807) is 4.68 Å². The van der Waals surface area contributed by atoms with Gasteiger partial charge in [0.15, 0.2) is 15.5 Å². The van der Waals surface area contributed by atoms with Crippen molar-refractivity contribution in [1.29, 1.82) is 0 Å². The molecule has 3 aromatic rings. The number of benzene rings is 1. The van der Waals surface area contributed by atoms with E-state index in [0.29, 0.717) is 34.6 Å². The lowest BCUT2D eigenvalue weighted by Crippen LogP contribution is -2.16. The molecule has 1 aromatic carbocycles. The molecule has 0 unspecified atom stereocenters. The summed E-state index contributed by atoms with van der Waals surface area (Å²) in [7, 11) is -3.06. The Balaban J connectivity index is 1.62. The zero-order valence-corrected chi connectivity index (χ0v) is 18.8. The smallest absolute Gasteiger partial charge is 0.256 e. The summed E-state index contributed by atoms with van der Waals surface area (Å²) in [6, 6.07) is 7.63. The van der Waals surface area contributed by atoms with E-state index in [1.165, 1.54) is 0 Å². The molecule has 1 N–H and O–H groups in total. The Morgan fingerprint density at radius 3 is 2.58 bits per heavy atom. The minimum atomic E-state index is -3.06. The molecule has 3 heterocycles. The number of carbonyl (C=O) groups excluding carboxylic acids is 1. The second-order valence-corrected chi connectivity index (χ2v) is 11.2. The summed E-state index contributed by atoms with van der Waals surface area (Å²) in [5, 5.41) is 8.42. The van der Waals surface area contributed by atoms with Crippen LogP contribution in [0.2, 0.25) is 0 Å². The van der Waals surface area contributed by atoms with Gasteiger partial charge in [0.25, 0.3) is 5.91 Å². The molecule has 0 spiro atoms. The van der Waals surface area contributed by atoms with Gasteiger partial charge in [-0.05, 0) is 63.3 Å². The van der Waals surface area contributed by atoms with Gasteiger partial charge in [-0.3, -0.25) is 4.79 Å². The van der Waals surface area contributed by atoms with Crippen LogP contribution in [0.1, 0.15) is 64.1 Å². The van der Waals surface area contributed by atoms with Crippen LogP contribution in [0.5, 0.6) is 0 Å². The molecule has 1 aliphatic carbocycles. The van der Waals surface area contributed by atoms with Crippen LogP contribution < -0.4 is 5.32 Å². The van der Waals surface area contributed by atoms with Crippen molar-refractivity contribution in [1.82, 2.24) is 14.8 Å². The van der Waals surface area contributed by atoms with Crippen molar-refractivity contribution in [3.63, 3.8) is 0 Å². The highest BCUT2D eigenvalue weighted by molar-refractivity contribution is 7.91. The molecule has 1 atom stereocenters. The molecule has 7 nitrogen and oxygen atoms in total. The van der Waals surface area contributed by atoms with Gasteiger partial charge >= 0.3 is 0 Å². The van der Waals surface area contributed by atoms with E-state index in [0.717, 1.165) is 35.3 Å². The Labute approximate surface area is 181 Å². The normalized spacial score (nSPS) is 20.3. The molecule has 2 aromatic heterocycles. The van der Waals surface area contributed by atoms with Crippen molar-refractivity contribution >= 4 is 32.5 Å². The first-order valence-corrected chi connectivity index (χ1v) is 12.5. The van der Waals surface area contributed by atoms with Crippen molar-refractivity contribution in [2.24, 2.45) is 0 Å². The maximum Gasteiger partial charge on any atom is 0.256 e. The minimum absolute atomic E-state index is 0.0720. The molecule has 31 heavy (non-hydrogen) atoms. The third kappa shape index (κ3) is 3.73. The molecule has 1 amide bonds. The molecule has 2 fully saturated rings. The number of aromatic nitrogens is 3. The van der Waals surface area contributed by atoms with Crippen LogP contribution in [0.15, 0.2) is 24.3 Å². The first kappa shape index (κ1) is 20.2. The van der Waals surface area contributed by atoms with Crippen molar-refractivity contribution in [3.8, 4) is 0 Å². The largest absolute Gasteiger partial charge is 0.322 e. The van der Waals surface area contributed by atoms with E-state index < -0.39 is 9.84 Å². The molecular formula is C23H26N4O3S. The summed E-state index contributed by atoms with van der Waals surface area (Å²) in [6.45, 7) is 5.82. The first-order chi connectivity index (χ1) is 14.7. The molecule has 1 saturated heterocycles. The Morgan fingerprint density at radius 1 is 1.13 bits per heavy atom. The molecule has 2 aliphatic rings. The lowest BCUT2D eigenvalue weighted by molar-refractivity contribution is 0.102. The van der Waals surface area contributed by atoms with E-state index >= 15 is 0 Å². The van der Waals surface area contributed by atoms with Gasteiger partial charge in [0.1, 0.15) is 0 Å². The van der Waals surface area contributed by atoms with Crippen molar-refractivity contribution in [2.45, 2.75) is 52.0 Å². The SMILES string of the molecule is Cc1ccc(C)c(NC(=O)c2cc(C3CC3)nc3c2c(C)nn3[C@@H]2CCS(=O)(=O)C2)c1. The van der Waals surface area contributed by atoms with Gasteiger partial charge in [-0.2, -0.15) is 5.10 Å². The summed E-state index contributed by atoms with van der Waals surface area (Å²) in [5.74, 6) is 0.403. The number of aryl methyl sites for hydroxylation is 3. The number of carbonyl (C=O) groups is 1. The second-order valence-electron chi connectivity index (χ2n) is 8.93. The molecule has 8 heteroatoms. The number of rotatable bonds is 4. The quantitative estimate of drug-likeness (QED) is 0.668. The molecule has 0 bridgehead atoms. The van der Waals surface area contributed by atoms with Crippen LogP contribution in [0.4, 0.5) is 5.69 Å². The average Bonchev–Trinajstić information content (AvgIpc) is 3.43. The van der Waals surface area contributed by atoms with Gasteiger partial charge in [0, 0.05) is 17.3 Å². The van der Waals surface area contributed by atoms with Gasteiger partial charge in [0.2, 0.25) is 0 Å². The van der Waals surface area contributed by atoms with Crippen molar-refractivity contribution in [3.05, 3.63) is 52.3 Å².